The van der Waals surface area contributed by atoms with Gasteiger partial charge in [-0.3, -0.25) is 27.9 Å². The first-order chi connectivity index (χ1) is 33.1. The van der Waals surface area contributed by atoms with Crippen molar-refractivity contribution in [1.82, 2.24) is 47.8 Å². The van der Waals surface area contributed by atoms with Gasteiger partial charge in [-0.05, 0) is 62.8 Å². The number of nitriles is 1. The first kappa shape index (κ1) is 50.8. The van der Waals surface area contributed by atoms with Gasteiger partial charge >= 0.3 is 11.4 Å². The number of unbranched alkanes of at least 4 members (excludes halogenated alkanes) is 2. The van der Waals surface area contributed by atoms with Gasteiger partial charge in [0.05, 0.1) is 19.0 Å². The van der Waals surface area contributed by atoms with Gasteiger partial charge in [0.2, 0.25) is 23.1 Å². The first-order valence-corrected chi connectivity index (χ1v) is 22.9. The van der Waals surface area contributed by atoms with Crippen LogP contribution in [0.3, 0.4) is 0 Å². The Labute approximate surface area is 406 Å². The van der Waals surface area contributed by atoms with Crippen molar-refractivity contribution in [1.29, 1.82) is 5.26 Å². The molecule has 22 nitrogen and oxygen atoms in total. The Morgan fingerprint density at radius 3 is 1.55 bits per heavy atom. The molecule has 6 aromatic rings. The largest absolute Gasteiger partial charge is 0.493 e. The van der Waals surface area contributed by atoms with Crippen LogP contribution >= 0.6 is 0 Å². The molecule has 0 bridgehead atoms. The van der Waals surface area contributed by atoms with Crippen LogP contribution in [0.1, 0.15) is 121 Å². The predicted octanol–water partition coefficient (Wildman–Crippen LogP) is 8.45. The predicted molar refractivity (Wildman–Crippen MR) is 249 cm³/mol. The number of nitrogens with zero attached hydrogens (tertiary/aromatic N) is 16. The topological polar surface area (TPSA) is 267 Å². The zero-order chi connectivity index (χ0) is 48.2. The molecule has 2 aliphatic rings. The third-order valence-corrected chi connectivity index (χ3v) is 11.9. The van der Waals surface area contributed by atoms with E-state index in [2.05, 4.69) is 45.5 Å². The average molecular weight is 981 g/mol. The van der Waals surface area contributed by atoms with Crippen molar-refractivity contribution in [3.63, 3.8) is 0 Å². The summed E-state index contributed by atoms with van der Waals surface area (Å²) in [7, 11) is 0. The van der Waals surface area contributed by atoms with Crippen molar-refractivity contribution in [2.75, 3.05) is 0 Å². The zero-order valence-corrected chi connectivity index (χ0v) is 39.4. The molecule has 2 fully saturated rings. The SMILES string of the molecule is CCCCn1c(O)c(N=Nc2c(C#N)cnn2-c2ccccn2)c(=O)n(C2CCCCC2)c1=O.[C-]#[N+]c1cnn(-c2ccccn2)c1N=Nc1c(O)n(CCCC)c(=O)n(C2CCCCC2)c1=O.[Fe]. The van der Waals surface area contributed by atoms with E-state index in [1.54, 1.807) is 48.8 Å². The third-order valence-electron chi connectivity index (χ3n) is 11.9. The summed E-state index contributed by atoms with van der Waals surface area (Å²) in [5.41, 5.74) is -2.85. The number of pyridine rings is 2. The number of aromatic hydroxyl groups is 2. The molecule has 2 saturated carbocycles. The minimum absolute atomic E-state index is 0. The number of azo groups is 2. The molecular weight excluding hydrogens is 928 g/mol. The van der Waals surface area contributed by atoms with Gasteiger partial charge in [-0.25, -0.2) is 29.1 Å². The van der Waals surface area contributed by atoms with Gasteiger partial charge in [0.15, 0.2) is 23.3 Å². The molecule has 23 heteroatoms. The monoisotopic (exact) mass is 980 g/mol. The van der Waals surface area contributed by atoms with E-state index in [1.165, 1.54) is 40.0 Å². The summed E-state index contributed by atoms with van der Waals surface area (Å²) in [6.45, 7) is 11.9. The van der Waals surface area contributed by atoms with Gasteiger partial charge in [-0.15, -0.1) is 20.5 Å². The Hall–Kier alpha value is -7.62. The summed E-state index contributed by atoms with van der Waals surface area (Å²) < 4.78 is 7.47. The van der Waals surface area contributed by atoms with E-state index in [0.717, 1.165) is 77.0 Å². The molecule has 2 N–H and O–H groups in total. The maximum Gasteiger partial charge on any atom is 0.334 e. The summed E-state index contributed by atoms with van der Waals surface area (Å²) in [5, 5.41) is 55.8. The number of hydrogen-bond donors (Lipinski definition) is 2. The molecule has 0 amide bonds. The minimum atomic E-state index is -0.687. The van der Waals surface area contributed by atoms with E-state index in [1.807, 2.05) is 19.9 Å². The summed E-state index contributed by atoms with van der Waals surface area (Å²) in [4.78, 5) is 64.9. The third kappa shape index (κ3) is 11.1. The number of hydrogen-bond acceptors (Lipinski definition) is 15. The van der Waals surface area contributed by atoms with Gasteiger partial charge in [-0.1, -0.05) is 77.3 Å². The van der Waals surface area contributed by atoms with Crippen LogP contribution in [-0.2, 0) is 30.2 Å². The molecule has 0 aliphatic heterocycles. The van der Waals surface area contributed by atoms with Crippen molar-refractivity contribution in [2.45, 2.75) is 129 Å². The van der Waals surface area contributed by atoms with Gasteiger partial charge in [0.25, 0.3) is 16.8 Å². The Bertz CT molecular complexity index is 2900. The van der Waals surface area contributed by atoms with Crippen LogP contribution in [0.4, 0.5) is 28.7 Å². The van der Waals surface area contributed by atoms with Crippen molar-refractivity contribution in [2.24, 2.45) is 20.5 Å². The maximum absolute atomic E-state index is 13.3. The molecule has 0 unspecified atom stereocenters. The molecule has 69 heavy (non-hydrogen) atoms. The van der Waals surface area contributed by atoms with E-state index in [-0.39, 0.29) is 76.5 Å². The quantitative estimate of drug-likeness (QED) is 0.0594. The molecule has 6 heterocycles. The van der Waals surface area contributed by atoms with Gasteiger partial charge in [0, 0.05) is 54.6 Å². The van der Waals surface area contributed by atoms with E-state index < -0.39 is 34.3 Å². The molecule has 0 spiro atoms. The fourth-order valence-corrected chi connectivity index (χ4v) is 8.33. The van der Waals surface area contributed by atoms with Crippen LogP contribution in [-0.4, -0.2) is 58.0 Å². The van der Waals surface area contributed by atoms with Crippen LogP contribution < -0.4 is 22.5 Å². The Kier molecular flexibility index (Phi) is 17.6. The van der Waals surface area contributed by atoms with Crippen LogP contribution in [0.25, 0.3) is 16.5 Å². The van der Waals surface area contributed by atoms with Gasteiger partial charge < -0.3 is 10.2 Å². The molecule has 360 valence electrons. The van der Waals surface area contributed by atoms with Crippen LogP contribution in [0, 0.1) is 17.9 Å². The molecule has 6 aromatic heterocycles. The first-order valence-electron chi connectivity index (χ1n) is 22.9. The summed E-state index contributed by atoms with van der Waals surface area (Å²) >= 11 is 0. The Balaban J connectivity index is 0.000000224. The maximum atomic E-state index is 13.3. The van der Waals surface area contributed by atoms with Gasteiger partial charge in [-0.2, -0.15) is 20.1 Å². The summed E-state index contributed by atoms with van der Waals surface area (Å²) in [6.07, 6.45) is 17.5. The standard InChI is InChI=1S/2C23H26N8O3.Fe/c1-3-4-14-29-21(32)19(22(33)30(23(29)34)16-10-6-5-7-11-16)27-28-20-17(24-2)15-26-31(20)18-12-8-9-13-25-18;1-2-3-13-29-21(32)19(22(33)30(23(29)34)17-9-5-4-6-10-17)27-28-20-16(14-24)15-26-31(20)18-11-7-8-12-25-18;/h8-9,12-13,15-16,32H,3-7,10-11,14H2,1H3;7-8,11-12,15,17,32H,2-6,9-10,13H2,1H3;. The number of rotatable bonds is 14. The van der Waals surface area contributed by atoms with E-state index in [9.17, 15) is 34.7 Å². The fraction of sp³-hybridized carbons (Fsp3) is 0.435. The molecule has 0 saturated heterocycles. The van der Waals surface area contributed by atoms with Crippen LogP contribution in [0.15, 0.2) is 101 Å². The molecule has 8 rings (SSSR count). The molecule has 0 atom stereocenters. The van der Waals surface area contributed by atoms with Crippen molar-refractivity contribution < 1.29 is 27.3 Å². The van der Waals surface area contributed by atoms with Crippen LogP contribution in [0.5, 0.6) is 11.8 Å². The summed E-state index contributed by atoms with van der Waals surface area (Å²) in [6, 6.07) is 11.9. The second kappa shape index (κ2) is 23.9. The Morgan fingerprint density at radius 1 is 0.681 bits per heavy atom. The smallest absolute Gasteiger partial charge is 0.334 e. The summed E-state index contributed by atoms with van der Waals surface area (Å²) in [5.74, 6) is -0.0782. The van der Waals surface area contributed by atoms with Crippen molar-refractivity contribution in [3.8, 4) is 29.5 Å². The molecule has 0 radical (unpaired) electrons. The fourth-order valence-electron chi connectivity index (χ4n) is 8.33. The van der Waals surface area contributed by atoms with Crippen molar-refractivity contribution >= 4 is 28.7 Å². The molecule has 2 aliphatic carbocycles. The van der Waals surface area contributed by atoms with E-state index in [0.29, 0.717) is 24.5 Å². The van der Waals surface area contributed by atoms with Gasteiger partial charge in [0.1, 0.15) is 11.6 Å². The van der Waals surface area contributed by atoms with Crippen LogP contribution in [0.2, 0.25) is 0 Å². The van der Waals surface area contributed by atoms with Crippen molar-refractivity contribution in [3.05, 3.63) is 120 Å². The van der Waals surface area contributed by atoms with E-state index in [4.69, 9.17) is 6.57 Å². The minimum Gasteiger partial charge on any atom is -0.493 e. The second-order valence-electron chi connectivity index (χ2n) is 16.4. The average Bonchev–Trinajstić information content (AvgIpc) is 3.99. The van der Waals surface area contributed by atoms with E-state index >= 15 is 0 Å². The molecule has 0 aromatic carbocycles. The Morgan fingerprint density at radius 2 is 1.13 bits per heavy atom. The normalized spacial score (nSPS) is 14.3. The zero-order valence-electron chi connectivity index (χ0n) is 38.3. The molecular formula is C46H52FeN16O6. The second-order valence-corrected chi connectivity index (χ2v) is 16.4. The number of aromatic nitrogens is 10.